The van der Waals surface area contributed by atoms with Crippen LogP contribution in [-0.2, 0) is 0 Å². The molecule has 0 aromatic heterocycles. The number of benzene rings is 1. The molecule has 1 aliphatic rings. The Kier molecular flexibility index (Phi) is 8.13. The van der Waals surface area contributed by atoms with Crippen molar-refractivity contribution in [1.82, 2.24) is 15.1 Å². The summed E-state index contributed by atoms with van der Waals surface area (Å²) in [4.78, 5) is 17.8. The minimum absolute atomic E-state index is 0.0178. The number of unbranched alkanes of at least 4 members (excludes halogenated alkanes) is 2. The number of piperazine rings is 1. The Hall–Kier alpha value is -1.17. The molecule has 0 bridgehead atoms. The lowest BCUT2D eigenvalue weighted by molar-refractivity contribution is 0.217. The topological polar surface area (TPSA) is 38.8 Å². The number of carbonyl (C=O) groups excluding carboxylic acids is 1. The van der Waals surface area contributed by atoms with Gasteiger partial charge in [-0.3, -0.25) is 4.90 Å². The molecule has 5 nitrogen and oxygen atoms in total. The molecule has 0 radical (unpaired) electrons. The summed E-state index contributed by atoms with van der Waals surface area (Å²) in [6, 6.07) is 5.79. The Morgan fingerprint density at radius 3 is 2.52 bits per heavy atom. The number of amides is 2. The largest absolute Gasteiger partial charge is 0.368 e. The minimum atomic E-state index is -0.0178. The van der Waals surface area contributed by atoms with Crippen LogP contribution in [0.25, 0.3) is 0 Å². The first-order valence-electron chi connectivity index (χ1n) is 8.85. The van der Waals surface area contributed by atoms with Crippen molar-refractivity contribution in [2.45, 2.75) is 19.3 Å². The number of rotatable bonds is 7. The van der Waals surface area contributed by atoms with E-state index >= 15 is 0 Å². The highest BCUT2D eigenvalue weighted by atomic mass is 35.5. The summed E-state index contributed by atoms with van der Waals surface area (Å²) in [5.74, 6) is 0. The summed E-state index contributed by atoms with van der Waals surface area (Å²) in [7, 11) is 3.51. The molecule has 2 amide bonds. The molecule has 1 aromatic carbocycles. The summed E-state index contributed by atoms with van der Waals surface area (Å²) in [5, 5.41) is 4.16. The Bertz CT molecular complexity index is 560. The maximum Gasteiger partial charge on any atom is 0.316 e. The van der Waals surface area contributed by atoms with Crippen LogP contribution in [-0.4, -0.2) is 69.2 Å². The summed E-state index contributed by atoms with van der Waals surface area (Å²) in [6.07, 6.45) is 3.32. The van der Waals surface area contributed by atoms with Gasteiger partial charge in [0.15, 0.2) is 0 Å². The molecular formula is C18H28Cl2N4O. The van der Waals surface area contributed by atoms with Crippen molar-refractivity contribution in [1.29, 1.82) is 0 Å². The van der Waals surface area contributed by atoms with Crippen LogP contribution in [0, 0.1) is 0 Å². The Morgan fingerprint density at radius 1 is 1.12 bits per heavy atom. The number of carbonyl (C=O) groups is 1. The SMILES string of the molecule is CN(C)C(=O)NCCCCCN1CCN(c2cccc(Cl)c2Cl)CC1. The van der Waals surface area contributed by atoms with Crippen molar-refractivity contribution < 1.29 is 4.79 Å². The van der Waals surface area contributed by atoms with Crippen LogP contribution in [0.3, 0.4) is 0 Å². The summed E-state index contributed by atoms with van der Waals surface area (Å²) >= 11 is 12.4. The third-order valence-electron chi connectivity index (χ3n) is 4.48. The molecule has 140 valence electrons. The maximum absolute atomic E-state index is 11.4. The zero-order valence-corrected chi connectivity index (χ0v) is 16.6. The van der Waals surface area contributed by atoms with Gasteiger partial charge in [0, 0.05) is 46.8 Å². The lowest BCUT2D eigenvalue weighted by atomic mass is 10.2. The normalized spacial score (nSPS) is 15.3. The second-order valence-electron chi connectivity index (χ2n) is 6.59. The molecule has 1 heterocycles. The molecule has 0 spiro atoms. The number of nitrogens with zero attached hydrogens (tertiary/aromatic N) is 3. The smallest absolute Gasteiger partial charge is 0.316 e. The standard InChI is InChI=1S/C18H28Cl2N4O/c1-22(2)18(25)21-9-4-3-5-10-23-11-13-24(14-12-23)16-8-6-7-15(19)17(16)20/h6-8H,3-5,9-14H2,1-2H3,(H,21,25). The predicted octanol–water partition coefficient (Wildman–Crippen LogP) is 3.56. The lowest BCUT2D eigenvalue weighted by Crippen LogP contribution is -2.46. The van der Waals surface area contributed by atoms with E-state index in [1.165, 1.54) is 0 Å². The molecule has 0 unspecified atom stereocenters. The molecule has 1 aliphatic heterocycles. The van der Waals surface area contributed by atoms with E-state index in [1.807, 2.05) is 18.2 Å². The fourth-order valence-electron chi connectivity index (χ4n) is 2.94. The zero-order valence-electron chi connectivity index (χ0n) is 15.1. The first kappa shape index (κ1) is 20.1. The second-order valence-corrected chi connectivity index (χ2v) is 7.37. The predicted molar refractivity (Wildman–Crippen MR) is 106 cm³/mol. The highest BCUT2D eigenvalue weighted by molar-refractivity contribution is 6.43. The molecule has 0 saturated carbocycles. The average Bonchev–Trinajstić information content (AvgIpc) is 2.60. The molecule has 25 heavy (non-hydrogen) atoms. The molecule has 2 rings (SSSR count). The monoisotopic (exact) mass is 386 g/mol. The van der Waals surface area contributed by atoms with Crippen molar-refractivity contribution in [2.24, 2.45) is 0 Å². The first-order valence-corrected chi connectivity index (χ1v) is 9.61. The Morgan fingerprint density at radius 2 is 1.84 bits per heavy atom. The number of nitrogens with one attached hydrogen (secondary N) is 1. The molecular weight excluding hydrogens is 359 g/mol. The maximum atomic E-state index is 11.4. The van der Waals surface area contributed by atoms with Crippen LogP contribution < -0.4 is 10.2 Å². The number of hydrogen-bond acceptors (Lipinski definition) is 3. The van der Waals surface area contributed by atoms with Crippen LogP contribution in [0.2, 0.25) is 10.0 Å². The van der Waals surface area contributed by atoms with Gasteiger partial charge in [0.05, 0.1) is 15.7 Å². The summed E-state index contributed by atoms with van der Waals surface area (Å²) in [5.41, 5.74) is 1.03. The molecule has 0 aliphatic carbocycles. The fraction of sp³-hybridized carbons (Fsp3) is 0.611. The van der Waals surface area contributed by atoms with E-state index in [4.69, 9.17) is 23.2 Å². The second kappa shape index (κ2) is 10.1. The Balaban J connectivity index is 1.61. The highest BCUT2D eigenvalue weighted by Gasteiger charge is 2.19. The van der Waals surface area contributed by atoms with E-state index in [0.717, 1.165) is 64.2 Å². The van der Waals surface area contributed by atoms with E-state index in [-0.39, 0.29) is 6.03 Å². The summed E-state index contributed by atoms with van der Waals surface area (Å²) < 4.78 is 0. The van der Waals surface area contributed by atoms with Crippen LogP contribution in [0.5, 0.6) is 0 Å². The third-order valence-corrected chi connectivity index (χ3v) is 5.29. The average molecular weight is 387 g/mol. The van der Waals surface area contributed by atoms with Crippen LogP contribution >= 0.6 is 23.2 Å². The number of anilines is 1. The molecule has 1 N–H and O–H groups in total. The molecule has 1 aromatic rings. The molecule has 7 heteroatoms. The fourth-order valence-corrected chi connectivity index (χ4v) is 3.35. The molecule has 0 atom stereocenters. The zero-order chi connectivity index (χ0) is 18.2. The van der Waals surface area contributed by atoms with Crippen molar-refractivity contribution in [3.8, 4) is 0 Å². The highest BCUT2D eigenvalue weighted by Crippen LogP contribution is 2.32. The van der Waals surface area contributed by atoms with Gasteiger partial charge in [0.25, 0.3) is 0 Å². The van der Waals surface area contributed by atoms with E-state index in [1.54, 1.807) is 19.0 Å². The van der Waals surface area contributed by atoms with Crippen molar-refractivity contribution in [3.63, 3.8) is 0 Å². The van der Waals surface area contributed by atoms with E-state index in [0.29, 0.717) is 10.0 Å². The van der Waals surface area contributed by atoms with Gasteiger partial charge >= 0.3 is 6.03 Å². The lowest BCUT2D eigenvalue weighted by Gasteiger charge is -2.36. The van der Waals surface area contributed by atoms with Crippen LogP contribution in [0.15, 0.2) is 18.2 Å². The van der Waals surface area contributed by atoms with E-state index < -0.39 is 0 Å². The van der Waals surface area contributed by atoms with Crippen LogP contribution in [0.1, 0.15) is 19.3 Å². The van der Waals surface area contributed by atoms with Gasteiger partial charge in [0.2, 0.25) is 0 Å². The van der Waals surface area contributed by atoms with Crippen molar-refractivity contribution >= 4 is 34.9 Å². The molecule has 1 saturated heterocycles. The number of halogens is 2. The number of hydrogen-bond donors (Lipinski definition) is 1. The van der Waals surface area contributed by atoms with Gasteiger partial charge < -0.3 is 15.1 Å². The Labute approximate surface area is 160 Å². The summed E-state index contributed by atoms with van der Waals surface area (Å²) in [6.45, 7) is 5.88. The van der Waals surface area contributed by atoms with Gasteiger partial charge in [-0.15, -0.1) is 0 Å². The van der Waals surface area contributed by atoms with Gasteiger partial charge in [-0.25, -0.2) is 4.79 Å². The van der Waals surface area contributed by atoms with Gasteiger partial charge in [0.1, 0.15) is 0 Å². The van der Waals surface area contributed by atoms with Crippen molar-refractivity contribution in [3.05, 3.63) is 28.2 Å². The quantitative estimate of drug-likeness (QED) is 0.728. The minimum Gasteiger partial charge on any atom is -0.368 e. The molecule has 1 fully saturated rings. The van der Waals surface area contributed by atoms with Crippen LogP contribution in [0.4, 0.5) is 10.5 Å². The van der Waals surface area contributed by atoms with Gasteiger partial charge in [-0.2, -0.15) is 0 Å². The van der Waals surface area contributed by atoms with E-state index in [2.05, 4.69) is 15.1 Å². The number of urea groups is 1. The van der Waals surface area contributed by atoms with Gasteiger partial charge in [-0.05, 0) is 31.5 Å². The van der Waals surface area contributed by atoms with E-state index in [9.17, 15) is 4.79 Å². The first-order chi connectivity index (χ1) is 12.0. The van der Waals surface area contributed by atoms with Crippen molar-refractivity contribution in [2.75, 3.05) is 58.3 Å². The van der Waals surface area contributed by atoms with Gasteiger partial charge in [-0.1, -0.05) is 35.7 Å². The third kappa shape index (κ3) is 6.24.